The minimum atomic E-state index is 0.0956. The lowest BCUT2D eigenvalue weighted by molar-refractivity contribution is 0.455. The Hall–Kier alpha value is -3.54. The first kappa shape index (κ1) is 19.2. The van der Waals surface area contributed by atoms with Crippen molar-refractivity contribution in [1.82, 2.24) is 0 Å². The lowest BCUT2D eigenvalue weighted by Gasteiger charge is -2.12. The molecule has 0 aliphatic heterocycles. The second kappa shape index (κ2) is 8.00. The second-order valence-corrected chi connectivity index (χ2v) is 6.42. The highest BCUT2D eigenvalue weighted by molar-refractivity contribution is 5.61. The summed E-state index contributed by atoms with van der Waals surface area (Å²) in [5.74, 6) is 2.52. The van der Waals surface area contributed by atoms with Gasteiger partial charge in [0.2, 0.25) is 0 Å². The van der Waals surface area contributed by atoms with Gasteiger partial charge >= 0.3 is 0 Å². The van der Waals surface area contributed by atoms with Crippen LogP contribution in [0.3, 0.4) is 0 Å². The molecule has 6 nitrogen and oxygen atoms in total. The molecule has 0 aliphatic carbocycles. The summed E-state index contributed by atoms with van der Waals surface area (Å²) < 4.78 is 11.7. The number of hydrogen-bond donors (Lipinski definition) is 4. The van der Waals surface area contributed by atoms with Crippen molar-refractivity contribution in [3.05, 3.63) is 59.7 Å². The van der Waals surface area contributed by atoms with Crippen molar-refractivity contribution < 1.29 is 19.7 Å². The first-order chi connectivity index (χ1) is 13.4. The van der Waals surface area contributed by atoms with Gasteiger partial charge in [-0.1, -0.05) is 13.8 Å². The van der Waals surface area contributed by atoms with E-state index in [0.717, 1.165) is 11.1 Å². The molecule has 3 aromatic rings. The Balaban J connectivity index is 1.76. The summed E-state index contributed by atoms with van der Waals surface area (Å²) in [5.41, 5.74) is 13.7. The number of benzene rings is 3. The molecule has 3 aromatic carbocycles. The predicted molar refractivity (Wildman–Crippen MR) is 110 cm³/mol. The molecule has 6 N–H and O–H groups in total. The number of ether oxygens (including phenoxy) is 2. The summed E-state index contributed by atoms with van der Waals surface area (Å²) in [6, 6.07) is 13.8. The number of nitrogens with two attached hydrogens (primary N) is 2. The monoisotopic (exact) mass is 380 g/mol. The van der Waals surface area contributed by atoms with Gasteiger partial charge in [0.05, 0.1) is 11.4 Å². The van der Waals surface area contributed by atoms with E-state index in [9.17, 15) is 10.2 Å². The quantitative estimate of drug-likeness (QED) is 0.355. The van der Waals surface area contributed by atoms with Crippen LogP contribution in [-0.2, 0) is 12.8 Å². The van der Waals surface area contributed by atoms with E-state index >= 15 is 0 Å². The third kappa shape index (κ3) is 4.06. The third-order valence-corrected chi connectivity index (χ3v) is 4.44. The number of rotatable bonds is 6. The molecule has 28 heavy (non-hydrogen) atoms. The van der Waals surface area contributed by atoms with Crippen LogP contribution >= 0.6 is 0 Å². The average Bonchev–Trinajstić information content (AvgIpc) is 2.68. The maximum Gasteiger partial charge on any atom is 0.141 e. The normalized spacial score (nSPS) is 10.6. The van der Waals surface area contributed by atoms with Crippen LogP contribution in [0.2, 0.25) is 0 Å². The summed E-state index contributed by atoms with van der Waals surface area (Å²) >= 11 is 0. The molecule has 0 aliphatic rings. The molecule has 0 amide bonds. The van der Waals surface area contributed by atoms with Crippen molar-refractivity contribution >= 4 is 11.4 Å². The van der Waals surface area contributed by atoms with E-state index in [2.05, 4.69) is 0 Å². The van der Waals surface area contributed by atoms with Crippen molar-refractivity contribution in [1.29, 1.82) is 0 Å². The van der Waals surface area contributed by atoms with Gasteiger partial charge in [0.1, 0.15) is 34.5 Å². The zero-order chi connectivity index (χ0) is 20.3. The zero-order valence-corrected chi connectivity index (χ0v) is 15.9. The molecule has 0 spiro atoms. The van der Waals surface area contributed by atoms with Crippen LogP contribution in [0.1, 0.15) is 25.0 Å². The van der Waals surface area contributed by atoms with Crippen LogP contribution in [0.5, 0.6) is 34.5 Å². The Labute approximate surface area is 164 Å². The number of aryl methyl sites for hydroxylation is 2. The van der Waals surface area contributed by atoms with E-state index in [1.807, 2.05) is 13.8 Å². The van der Waals surface area contributed by atoms with Gasteiger partial charge in [-0.05, 0) is 60.4 Å². The highest BCUT2D eigenvalue weighted by atomic mass is 16.5. The van der Waals surface area contributed by atoms with Crippen molar-refractivity contribution in [2.45, 2.75) is 26.7 Å². The Bertz CT molecular complexity index is 904. The summed E-state index contributed by atoms with van der Waals surface area (Å²) in [5, 5.41) is 19.8. The fourth-order valence-corrected chi connectivity index (χ4v) is 2.88. The molecule has 0 atom stereocenters. The highest BCUT2D eigenvalue weighted by Crippen LogP contribution is 2.35. The molecule has 3 rings (SSSR count). The number of phenols is 2. The van der Waals surface area contributed by atoms with Gasteiger partial charge in [-0.25, -0.2) is 0 Å². The Morgan fingerprint density at radius 1 is 0.643 bits per heavy atom. The van der Waals surface area contributed by atoms with E-state index < -0.39 is 0 Å². The molecule has 0 saturated carbocycles. The summed E-state index contributed by atoms with van der Waals surface area (Å²) in [7, 11) is 0. The smallest absolute Gasteiger partial charge is 0.141 e. The number of aromatic hydroxyl groups is 2. The SMILES string of the molecule is CCc1cc(Oc2ccc(Oc3cc(N)c(O)c(CC)c3)cc2)cc(N)c1O. The van der Waals surface area contributed by atoms with E-state index in [-0.39, 0.29) is 22.9 Å². The van der Waals surface area contributed by atoms with Crippen LogP contribution in [0, 0.1) is 0 Å². The summed E-state index contributed by atoms with van der Waals surface area (Å²) in [6.45, 7) is 3.87. The molecular weight excluding hydrogens is 356 g/mol. The van der Waals surface area contributed by atoms with Gasteiger partial charge < -0.3 is 31.2 Å². The predicted octanol–water partition coefficient (Wildman–Crippen LogP) is 4.97. The average molecular weight is 380 g/mol. The fourth-order valence-electron chi connectivity index (χ4n) is 2.88. The highest BCUT2D eigenvalue weighted by Gasteiger charge is 2.10. The van der Waals surface area contributed by atoms with Crippen LogP contribution in [0.15, 0.2) is 48.5 Å². The molecule has 0 radical (unpaired) electrons. The Morgan fingerprint density at radius 3 is 1.32 bits per heavy atom. The standard InChI is InChI=1S/C22H24N2O4/c1-3-13-9-17(11-19(23)21(13)25)27-15-5-7-16(8-6-15)28-18-10-14(4-2)22(26)20(24)12-18/h5-12,25-26H,3-4,23-24H2,1-2H3. The molecule has 0 unspecified atom stereocenters. The molecule has 0 bridgehead atoms. The topological polar surface area (TPSA) is 111 Å². The van der Waals surface area contributed by atoms with Crippen LogP contribution in [-0.4, -0.2) is 10.2 Å². The van der Waals surface area contributed by atoms with Gasteiger partial charge in [0.25, 0.3) is 0 Å². The van der Waals surface area contributed by atoms with Gasteiger partial charge in [0.15, 0.2) is 0 Å². The molecule has 0 heterocycles. The molecular formula is C22H24N2O4. The van der Waals surface area contributed by atoms with E-state index in [1.165, 1.54) is 0 Å². The number of hydrogen-bond acceptors (Lipinski definition) is 6. The Morgan fingerprint density at radius 2 is 1.00 bits per heavy atom. The van der Waals surface area contributed by atoms with Crippen molar-refractivity contribution in [2.24, 2.45) is 0 Å². The van der Waals surface area contributed by atoms with Crippen LogP contribution < -0.4 is 20.9 Å². The molecule has 0 fully saturated rings. The van der Waals surface area contributed by atoms with Gasteiger partial charge in [-0.15, -0.1) is 0 Å². The number of phenolic OH excluding ortho intramolecular Hbond substituents is 2. The zero-order valence-electron chi connectivity index (χ0n) is 15.9. The minimum absolute atomic E-state index is 0.0956. The van der Waals surface area contributed by atoms with E-state index in [0.29, 0.717) is 35.8 Å². The first-order valence-electron chi connectivity index (χ1n) is 9.09. The number of nitrogen functional groups attached to an aromatic ring is 2. The van der Waals surface area contributed by atoms with Crippen molar-refractivity contribution in [2.75, 3.05) is 11.5 Å². The molecule has 0 aromatic heterocycles. The minimum Gasteiger partial charge on any atom is -0.505 e. The molecule has 0 saturated heterocycles. The maximum absolute atomic E-state index is 9.92. The molecule has 146 valence electrons. The fraction of sp³-hybridized carbons (Fsp3) is 0.182. The van der Waals surface area contributed by atoms with Gasteiger partial charge in [0, 0.05) is 12.1 Å². The third-order valence-electron chi connectivity index (χ3n) is 4.44. The van der Waals surface area contributed by atoms with E-state index in [1.54, 1.807) is 48.5 Å². The van der Waals surface area contributed by atoms with Gasteiger partial charge in [-0.3, -0.25) is 0 Å². The lowest BCUT2D eigenvalue weighted by Crippen LogP contribution is -1.94. The van der Waals surface area contributed by atoms with E-state index in [4.69, 9.17) is 20.9 Å². The number of anilines is 2. The first-order valence-corrected chi connectivity index (χ1v) is 9.09. The lowest BCUT2D eigenvalue weighted by atomic mass is 10.1. The van der Waals surface area contributed by atoms with Crippen molar-refractivity contribution in [3.8, 4) is 34.5 Å². The van der Waals surface area contributed by atoms with Crippen LogP contribution in [0.25, 0.3) is 0 Å². The van der Waals surface area contributed by atoms with Crippen LogP contribution in [0.4, 0.5) is 11.4 Å². The summed E-state index contributed by atoms with van der Waals surface area (Å²) in [4.78, 5) is 0. The van der Waals surface area contributed by atoms with Gasteiger partial charge in [-0.2, -0.15) is 0 Å². The second-order valence-electron chi connectivity index (χ2n) is 6.42. The maximum atomic E-state index is 9.92. The molecule has 6 heteroatoms. The largest absolute Gasteiger partial charge is 0.505 e. The summed E-state index contributed by atoms with van der Waals surface area (Å²) in [6.07, 6.45) is 1.30. The Kier molecular flexibility index (Phi) is 5.49. The van der Waals surface area contributed by atoms with Crippen molar-refractivity contribution in [3.63, 3.8) is 0 Å².